The largest absolute Gasteiger partial charge is 0.473 e. The van der Waals surface area contributed by atoms with Crippen LogP contribution in [0.25, 0.3) is 0 Å². The summed E-state index contributed by atoms with van der Waals surface area (Å²) < 4.78 is 5.64. The van der Waals surface area contributed by atoms with E-state index in [9.17, 15) is 0 Å². The number of hydrogen-bond donors (Lipinski definition) is 1. The smallest absolute Gasteiger partial charge is 0.157 e. The number of hydrogen-bond acceptors (Lipinski definition) is 2. The van der Waals surface area contributed by atoms with E-state index in [1.54, 1.807) is 0 Å². The molecular formula is C11H17NO. The molecule has 0 amide bonds. The highest BCUT2D eigenvalue weighted by Gasteiger charge is 2.24. The van der Waals surface area contributed by atoms with Gasteiger partial charge in [0.1, 0.15) is 5.75 Å². The van der Waals surface area contributed by atoms with Crippen LogP contribution in [0, 0.1) is 5.92 Å². The van der Waals surface area contributed by atoms with Crippen molar-refractivity contribution < 1.29 is 4.74 Å². The molecule has 2 heteroatoms. The molecule has 2 N–H and O–H groups in total. The quantitative estimate of drug-likeness (QED) is 0.723. The second-order valence-corrected chi connectivity index (χ2v) is 3.75. The van der Waals surface area contributed by atoms with E-state index in [2.05, 4.69) is 0 Å². The Labute approximate surface area is 79.7 Å². The molecule has 0 aliphatic rings. The summed E-state index contributed by atoms with van der Waals surface area (Å²) in [5.41, 5.74) is 5.37. The highest BCUT2D eigenvalue weighted by molar-refractivity contribution is 5.21. The van der Waals surface area contributed by atoms with Gasteiger partial charge in [-0.2, -0.15) is 0 Å². The van der Waals surface area contributed by atoms with E-state index in [1.807, 2.05) is 51.1 Å². The van der Waals surface area contributed by atoms with E-state index in [0.717, 1.165) is 5.75 Å². The lowest BCUT2D eigenvalue weighted by atomic mass is 10.0. The minimum Gasteiger partial charge on any atom is -0.473 e. The van der Waals surface area contributed by atoms with Crippen LogP contribution in [0.1, 0.15) is 20.8 Å². The Hall–Kier alpha value is -1.02. The van der Waals surface area contributed by atoms with Gasteiger partial charge in [0.15, 0.2) is 5.72 Å². The second-order valence-electron chi connectivity index (χ2n) is 3.75. The molecule has 1 aromatic carbocycles. The van der Waals surface area contributed by atoms with E-state index in [4.69, 9.17) is 10.5 Å². The van der Waals surface area contributed by atoms with E-state index in [-0.39, 0.29) is 5.92 Å². The topological polar surface area (TPSA) is 35.2 Å². The summed E-state index contributed by atoms with van der Waals surface area (Å²) in [6.07, 6.45) is 0. The standard InChI is InChI=1S/C11H17NO/c1-9(2)11(3,12)13-10-7-5-4-6-8-10/h4-9H,12H2,1-3H3. The van der Waals surface area contributed by atoms with Gasteiger partial charge in [-0.25, -0.2) is 0 Å². The van der Waals surface area contributed by atoms with Gasteiger partial charge in [-0.1, -0.05) is 32.0 Å². The van der Waals surface area contributed by atoms with Crippen molar-refractivity contribution in [1.82, 2.24) is 0 Å². The molecule has 0 heterocycles. The summed E-state index contributed by atoms with van der Waals surface area (Å²) >= 11 is 0. The summed E-state index contributed by atoms with van der Waals surface area (Å²) in [5.74, 6) is 1.11. The molecule has 0 saturated carbocycles. The molecule has 0 spiro atoms. The molecule has 0 fully saturated rings. The first-order valence-electron chi connectivity index (χ1n) is 4.55. The Morgan fingerprint density at radius 2 is 1.77 bits per heavy atom. The average molecular weight is 179 g/mol. The zero-order chi connectivity index (χ0) is 9.90. The van der Waals surface area contributed by atoms with Crippen LogP contribution in [0.4, 0.5) is 0 Å². The molecule has 72 valence electrons. The van der Waals surface area contributed by atoms with Crippen LogP contribution >= 0.6 is 0 Å². The number of rotatable bonds is 3. The highest BCUT2D eigenvalue weighted by Crippen LogP contribution is 2.19. The van der Waals surface area contributed by atoms with Gasteiger partial charge >= 0.3 is 0 Å². The van der Waals surface area contributed by atoms with E-state index < -0.39 is 5.72 Å². The lowest BCUT2D eigenvalue weighted by molar-refractivity contribution is 0.0473. The fourth-order valence-electron chi connectivity index (χ4n) is 0.860. The van der Waals surface area contributed by atoms with Gasteiger partial charge < -0.3 is 4.74 Å². The lowest BCUT2D eigenvalue weighted by Crippen LogP contribution is -2.47. The molecule has 0 radical (unpaired) electrons. The first-order valence-corrected chi connectivity index (χ1v) is 4.55. The molecule has 1 aromatic rings. The van der Waals surface area contributed by atoms with Crippen molar-refractivity contribution in [2.24, 2.45) is 11.7 Å². The molecule has 1 unspecified atom stereocenters. The third-order valence-corrected chi connectivity index (χ3v) is 2.23. The fourth-order valence-corrected chi connectivity index (χ4v) is 0.860. The molecule has 0 aliphatic heterocycles. The van der Waals surface area contributed by atoms with Crippen LogP contribution in [-0.2, 0) is 0 Å². The molecule has 0 saturated heterocycles. The van der Waals surface area contributed by atoms with Crippen LogP contribution in [0.15, 0.2) is 30.3 Å². The first-order chi connectivity index (χ1) is 6.02. The summed E-state index contributed by atoms with van der Waals surface area (Å²) in [7, 11) is 0. The maximum absolute atomic E-state index is 5.97. The Morgan fingerprint density at radius 1 is 1.23 bits per heavy atom. The van der Waals surface area contributed by atoms with Crippen LogP contribution < -0.4 is 10.5 Å². The van der Waals surface area contributed by atoms with Crippen molar-refractivity contribution in [2.75, 3.05) is 0 Å². The van der Waals surface area contributed by atoms with Crippen molar-refractivity contribution in [3.8, 4) is 5.75 Å². The summed E-state index contributed by atoms with van der Waals surface area (Å²) in [6, 6.07) is 9.65. The van der Waals surface area contributed by atoms with E-state index >= 15 is 0 Å². The maximum atomic E-state index is 5.97. The van der Waals surface area contributed by atoms with Gasteiger partial charge in [0.2, 0.25) is 0 Å². The lowest BCUT2D eigenvalue weighted by Gasteiger charge is -2.30. The van der Waals surface area contributed by atoms with Crippen molar-refractivity contribution >= 4 is 0 Å². The third-order valence-electron chi connectivity index (χ3n) is 2.23. The van der Waals surface area contributed by atoms with Crippen molar-refractivity contribution in [2.45, 2.75) is 26.5 Å². The molecule has 0 aromatic heterocycles. The zero-order valence-electron chi connectivity index (χ0n) is 8.45. The van der Waals surface area contributed by atoms with Gasteiger partial charge in [0, 0.05) is 5.92 Å². The second kappa shape index (κ2) is 3.79. The number of para-hydroxylation sites is 1. The predicted molar refractivity (Wildman–Crippen MR) is 54.5 cm³/mol. The minimum absolute atomic E-state index is 0.285. The average Bonchev–Trinajstić information content (AvgIpc) is 2.05. The molecule has 1 rings (SSSR count). The normalized spacial score (nSPS) is 15.5. The predicted octanol–water partition coefficient (Wildman–Crippen LogP) is 2.40. The number of ether oxygens (including phenoxy) is 1. The summed E-state index contributed by atoms with van der Waals surface area (Å²) in [5, 5.41) is 0. The van der Waals surface area contributed by atoms with Gasteiger partial charge in [0.05, 0.1) is 0 Å². The minimum atomic E-state index is -0.596. The fraction of sp³-hybridized carbons (Fsp3) is 0.455. The Kier molecular flexibility index (Phi) is 2.94. The summed E-state index contributed by atoms with van der Waals surface area (Å²) in [4.78, 5) is 0. The van der Waals surface area contributed by atoms with E-state index in [1.165, 1.54) is 0 Å². The number of benzene rings is 1. The highest BCUT2D eigenvalue weighted by atomic mass is 16.5. The van der Waals surface area contributed by atoms with E-state index in [0.29, 0.717) is 0 Å². The van der Waals surface area contributed by atoms with Crippen molar-refractivity contribution in [3.05, 3.63) is 30.3 Å². The van der Waals surface area contributed by atoms with Gasteiger partial charge in [-0.05, 0) is 19.1 Å². The SMILES string of the molecule is CC(C)C(C)(N)Oc1ccccc1. The monoisotopic (exact) mass is 179 g/mol. The van der Waals surface area contributed by atoms with Crippen molar-refractivity contribution in [3.63, 3.8) is 0 Å². The zero-order valence-corrected chi connectivity index (χ0v) is 8.45. The summed E-state index contributed by atoms with van der Waals surface area (Å²) in [6.45, 7) is 5.98. The van der Waals surface area contributed by atoms with Crippen molar-refractivity contribution in [1.29, 1.82) is 0 Å². The van der Waals surface area contributed by atoms with Gasteiger partial charge in [-0.3, -0.25) is 5.73 Å². The molecule has 2 nitrogen and oxygen atoms in total. The Balaban J connectivity index is 2.69. The van der Waals surface area contributed by atoms with Gasteiger partial charge in [-0.15, -0.1) is 0 Å². The molecule has 13 heavy (non-hydrogen) atoms. The molecule has 1 atom stereocenters. The first kappa shape index (κ1) is 10.1. The van der Waals surface area contributed by atoms with Crippen LogP contribution in [0.3, 0.4) is 0 Å². The third kappa shape index (κ3) is 2.74. The maximum Gasteiger partial charge on any atom is 0.157 e. The Morgan fingerprint density at radius 3 is 2.23 bits per heavy atom. The molecule has 0 bridgehead atoms. The molecular weight excluding hydrogens is 162 g/mol. The molecule has 0 aliphatic carbocycles. The van der Waals surface area contributed by atoms with Crippen LogP contribution in [0.2, 0.25) is 0 Å². The van der Waals surface area contributed by atoms with Gasteiger partial charge in [0.25, 0.3) is 0 Å². The van der Waals surface area contributed by atoms with Crippen LogP contribution in [-0.4, -0.2) is 5.72 Å². The number of nitrogens with two attached hydrogens (primary N) is 1. The Bertz CT molecular complexity index is 254. The van der Waals surface area contributed by atoms with Crippen LogP contribution in [0.5, 0.6) is 5.75 Å².